The minimum atomic E-state index is -0.439. The van der Waals surface area contributed by atoms with Gasteiger partial charge in [0.15, 0.2) is 11.5 Å². The number of benzene rings is 1. The molecule has 15 heavy (non-hydrogen) atoms. The third-order valence-corrected chi connectivity index (χ3v) is 1.86. The normalized spacial score (nSPS) is 10.1. The lowest BCUT2D eigenvalue weighted by molar-refractivity contribution is 0.253. The highest BCUT2D eigenvalue weighted by molar-refractivity contribution is 5.46. The highest BCUT2D eigenvalue weighted by Gasteiger charge is 2.12. The topological polar surface area (TPSA) is 38.7 Å². The summed E-state index contributed by atoms with van der Waals surface area (Å²) in [6.45, 7) is 4.22. The van der Waals surface area contributed by atoms with Crippen LogP contribution in [-0.2, 0) is 6.61 Å². The summed E-state index contributed by atoms with van der Waals surface area (Å²) in [6, 6.07) is 2.50. The lowest BCUT2D eigenvalue weighted by atomic mass is 10.2. The van der Waals surface area contributed by atoms with Gasteiger partial charge in [0.05, 0.1) is 19.8 Å². The maximum absolute atomic E-state index is 13.1. The Morgan fingerprint density at radius 3 is 2.40 bits per heavy atom. The Labute approximate surface area is 88.4 Å². The number of aliphatic hydroxyl groups is 1. The minimum absolute atomic E-state index is 0.271. The molecule has 0 atom stereocenters. The van der Waals surface area contributed by atoms with E-state index in [1.807, 2.05) is 6.92 Å². The van der Waals surface area contributed by atoms with Crippen LogP contribution in [0.4, 0.5) is 4.39 Å². The maximum atomic E-state index is 13.1. The molecule has 0 bridgehead atoms. The van der Waals surface area contributed by atoms with E-state index >= 15 is 0 Å². The van der Waals surface area contributed by atoms with Crippen LogP contribution in [0.2, 0.25) is 0 Å². The van der Waals surface area contributed by atoms with Crippen LogP contribution in [0.15, 0.2) is 12.1 Å². The molecule has 0 unspecified atom stereocenters. The standard InChI is InChI=1S/C11H15FO3/c1-3-14-10-6-9(12)5-8(7-13)11(10)15-4-2/h5-6,13H,3-4,7H2,1-2H3. The van der Waals surface area contributed by atoms with E-state index in [2.05, 4.69) is 0 Å². The molecule has 0 aliphatic heterocycles. The summed E-state index contributed by atoms with van der Waals surface area (Å²) in [5, 5.41) is 9.06. The van der Waals surface area contributed by atoms with Crippen molar-refractivity contribution in [1.82, 2.24) is 0 Å². The molecule has 0 heterocycles. The van der Waals surface area contributed by atoms with Gasteiger partial charge in [-0.25, -0.2) is 4.39 Å². The van der Waals surface area contributed by atoms with Crippen LogP contribution in [0.25, 0.3) is 0 Å². The van der Waals surface area contributed by atoms with E-state index in [1.165, 1.54) is 12.1 Å². The van der Waals surface area contributed by atoms with Crippen LogP contribution in [-0.4, -0.2) is 18.3 Å². The monoisotopic (exact) mass is 214 g/mol. The Morgan fingerprint density at radius 2 is 1.87 bits per heavy atom. The van der Waals surface area contributed by atoms with Crippen molar-refractivity contribution in [2.45, 2.75) is 20.5 Å². The predicted octanol–water partition coefficient (Wildman–Crippen LogP) is 2.12. The Balaban J connectivity index is 3.14. The lowest BCUT2D eigenvalue weighted by Gasteiger charge is -2.14. The number of hydrogen-bond acceptors (Lipinski definition) is 3. The third kappa shape index (κ3) is 2.83. The zero-order valence-electron chi connectivity index (χ0n) is 8.92. The zero-order chi connectivity index (χ0) is 11.3. The molecule has 0 amide bonds. The fraction of sp³-hybridized carbons (Fsp3) is 0.455. The smallest absolute Gasteiger partial charge is 0.166 e. The van der Waals surface area contributed by atoms with E-state index in [0.29, 0.717) is 30.3 Å². The summed E-state index contributed by atoms with van der Waals surface area (Å²) in [7, 11) is 0. The first-order valence-electron chi connectivity index (χ1n) is 4.91. The second kappa shape index (κ2) is 5.56. The summed E-state index contributed by atoms with van der Waals surface area (Å²) in [5.41, 5.74) is 0.403. The van der Waals surface area contributed by atoms with Crippen molar-refractivity contribution in [2.75, 3.05) is 13.2 Å². The quantitative estimate of drug-likeness (QED) is 0.815. The molecule has 0 saturated heterocycles. The highest BCUT2D eigenvalue weighted by Crippen LogP contribution is 2.32. The Bertz CT molecular complexity index is 326. The summed E-state index contributed by atoms with van der Waals surface area (Å²) >= 11 is 0. The molecule has 0 aromatic heterocycles. The maximum Gasteiger partial charge on any atom is 0.166 e. The Kier molecular flexibility index (Phi) is 4.37. The summed E-state index contributed by atoms with van der Waals surface area (Å²) < 4.78 is 23.7. The van der Waals surface area contributed by atoms with Crippen LogP contribution in [0, 0.1) is 5.82 Å². The van der Waals surface area contributed by atoms with Gasteiger partial charge in [-0.2, -0.15) is 0 Å². The van der Waals surface area contributed by atoms with E-state index in [-0.39, 0.29) is 6.61 Å². The minimum Gasteiger partial charge on any atom is -0.490 e. The van der Waals surface area contributed by atoms with Gasteiger partial charge in [-0.15, -0.1) is 0 Å². The van der Waals surface area contributed by atoms with Gasteiger partial charge in [0.2, 0.25) is 0 Å². The molecular formula is C11H15FO3. The zero-order valence-corrected chi connectivity index (χ0v) is 8.92. The molecule has 1 aromatic rings. The molecule has 0 radical (unpaired) electrons. The van der Waals surface area contributed by atoms with E-state index in [9.17, 15) is 4.39 Å². The molecular weight excluding hydrogens is 199 g/mol. The lowest BCUT2D eigenvalue weighted by Crippen LogP contribution is -2.02. The second-order valence-electron chi connectivity index (χ2n) is 2.92. The predicted molar refractivity (Wildman–Crippen MR) is 54.7 cm³/mol. The first-order chi connectivity index (χ1) is 7.22. The van der Waals surface area contributed by atoms with Crippen molar-refractivity contribution >= 4 is 0 Å². The molecule has 1 N–H and O–H groups in total. The molecule has 0 spiro atoms. The molecule has 3 nitrogen and oxygen atoms in total. The van der Waals surface area contributed by atoms with Crippen molar-refractivity contribution in [1.29, 1.82) is 0 Å². The fourth-order valence-corrected chi connectivity index (χ4v) is 1.31. The van der Waals surface area contributed by atoms with Crippen LogP contribution >= 0.6 is 0 Å². The van der Waals surface area contributed by atoms with Gasteiger partial charge in [0, 0.05) is 11.6 Å². The van der Waals surface area contributed by atoms with Gasteiger partial charge >= 0.3 is 0 Å². The van der Waals surface area contributed by atoms with Crippen LogP contribution < -0.4 is 9.47 Å². The van der Waals surface area contributed by atoms with Crippen LogP contribution in [0.1, 0.15) is 19.4 Å². The molecule has 1 aromatic carbocycles. The summed E-state index contributed by atoms with van der Waals surface area (Å²) in [5.74, 6) is 0.317. The van der Waals surface area contributed by atoms with Gasteiger partial charge in [-0.1, -0.05) is 0 Å². The average molecular weight is 214 g/mol. The largest absolute Gasteiger partial charge is 0.490 e. The SMILES string of the molecule is CCOc1cc(F)cc(CO)c1OCC. The summed E-state index contributed by atoms with van der Waals surface area (Å²) in [4.78, 5) is 0. The number of aliphatic hydroxyl groups excluding tert-OH is 1. The van der Waals surface area contributed by atoms with Crippen molar-refractivity contribution < 1.29 is 19.0 Å². The molecule has 0 aliphatic rings. The highest BCUT2D eigenvalue weighted by atomic mass is 19.1. The molecule has 4 heteroatoms. The van der Waals surface area contributed by atoms with Gasteiger partial charge in [0.25, 0.3) is 0 Å². The van der Waals surface area contributed by atoms with E-state index in [4.69, 9.17) is 14.6 Å². The second-order valence-corrected chi connectivity index (χ2v) is 2.92. The van der Waals surface area contributed by atoms with Crippen molar-refractivity contribution in [3.63, 3.8) is 0 Å². The molecule has 84 valence electrons. The molecule has 0 aliphatic carbocycles. The van der Waals surface area contributed by atoms with Crippen LogP contribution in [0.5, 0.6) is 11.5 Å². The molecule has 0 saturated carbocycles. The molecule has 0 fully saturated rings. The van der Waals surface area contributed by atoms with Crippen molar-refractivity contribution in [2.24, 2.45) is 0 Å². The van der Waals surface area contributed by atoms with Gasteiger partial charge in [0.1, 0.15) is 5.82 Å². The molecule has 1 rings (SSSR count). The Morgan fingerprint density at radius 1 is 1.20 bits per heavy atom. The average Bonchev–Trinajstić information content (AvgIpc) is 2.22. The van der Waals surface area contributed by atoms with Gasteiger partial charge in [-0.05, 0) is 19.9 Å². The van der Waals surface area contributed by atoms with E-state index in [0.717, 1.165) is 0 Å². The van der Waals surface area contributed by atoms with Gasteiger partial charge in [-0.3, -0.25) is 0 Å². The van der Waals surface area contributed by atoms with E-state index in [1.54, 1.807) is 6.92 Å². The van der Waals surface area contributed by atoms with E-state index < -0.39 is 5.82 Å². The fourth-order valence-electron chi connectivity index (χ4n) is 1.31. The van der Waals surface area contributed by atoms with Gasteiger partial charge < -0.3 is 14.6 Å². The van der Waals surface area contributed by atoms with Crippen molar-refractivity contribution in [3.05, 3.63) is 23.5 Å². The first kappa shape index (κ1) is 11.8. The van der Waals surface area contributed by atoms with Crippen molar-refractivity contribution in [3.8, 4) is 11.5 Å². The first-order valence-corrected chi connectivity index (χ1v) is 4.91. The summed E-state index contributed by atoms with van der Waals surface area (Å²) in [6.07, 6.45) is 0. The number of ether oxygens (including phenoxy) is 2. The number of rotatable bonds is 5. The third-order valence-electron chi connectivity index (χ3n) is 1.86. The Hall–Kier alpha value is -1.29. The number of halogens is 1. The number of hydrogen-bond donors (Lipinski definition) is 1. The van der Waals surface area contributed by atoms with Crippen LogP contribution in [0.3, 0.4) is 0 Å².